The molecule has 2 fully saturated rings. The van der Waals surface area contributed by atoms with Crippen LogP contribution in [-0.4, -0.2) is 35.2 Å². The molecule has 3 amide bonds. The Kier molecular flexibility index (Phi) is 7.45. The molecule has 0 aromatic carbocycles. The molecule has 3 aliphatic rings. The lowest BCUT2D eigenvalue weighted by Gasteiger charge is -2.28. The Morgan fingerprint density at radius 1 is 1.17 bits per heavy atom. The van der Waals surface area contributed by atoms with Crippen molar-refractivity contribution in [2.45, 2.75) is 53.0 Å². The van der Waals surface area contributed by atoms with Crippen LogP contribution in [0.25, 0.3) is 0 Å². The highest BCUT2D eigenvalue weighted by Crippen LogP contribution is 2.29. The van der Waals surface area contributed by atoms with Crippen molar-refractivity contribution >= 4 is 17.7 Å². The summed E-state index contributed by atoms with van der Waals surface area (Å²) in [6, 6.07) is -0.525. The van der Waals surface area contributed by atoms with Gasteiger partial charge in [0.1, 0.15) is 6.04 Å². The van der Waals surface area contributed by atoms with E-state index >= 15 is 0 Å². The topological polar surface area (TPSA) is 66.5 Å². The number of nitrogens with one attached hydrogen (secondary N) is 1. The molecule has 1 unspecified atom stereocenters. The van der Waals surface area contributed by atoms with Crippen molar-refractivity contribution in [1.82, 2.24) is 10.2 Å². The molecule has 23 heavy (non-hydrogen) atoms. The molecule has 2 aliphatic heterocycles. The first-order valence-electron chi connectivity index (χ1n) is 8.37. The summed E-state index contributed by atoms with van der Waals surface area (Å²) in [5.41, 5.74) is 1.64. The molecular formula is C18H28N2O3. The molecule has 128 valence electrons. The van der Waals surface area contributed by atoms with Gasteiger partial charge in [-0.1, -0.05) is 45.9 Å². The van der Waals surface area contributed by atoms with Crippen LogP contribution in [0.15, 0.2) is 35.5 Å². The normalized spacial score (nSPS) is 22.5. The molecule has 1 N–H and O–H groups in total. The van der Waals surface area contributed by atoms with Crippen LogP contribution in [0.1, 0.15) is 48.4 Å². The van der Waals surface area contributed by atoms with Gasteiger partial charge in [-0.05, 0) is 24.5 Å². The van der Waals surface area contributed by atoms with Crippen molar-refractivity contribution in [3.8, 4) is 0 Å². The van der Waals surface area contributed by atoms with E-state index in [0.29, 0.717) is 18.5 Å². The van der Waals surface area contributed by atoms with Gasteiger partial charge in [0.05, 0.1) is 0 Å². The minimum atomic E-state index is -0.525. The third-order valence-electron chi connectivity index (χ3n) is 3.66. The highest BCUT2D eigenvalue weighted by atomic mass is 16.2. The Labute approximate surface area is 139 Å². The summed E-state index contributed by atoms with van der Waals surface area (Å²) in [7, 11) is 0. The monoisotopic (exact) mass is 320 g/mol. The lowest BCUT2D eigenvalue weighted by molar-refractivity contribution is -0.142. The zero-order chi connectivity index (χ0) is 17.4. The minimum absolute atomic E-state index is 0. The van der Waals surface area contributed by atoms with Crippen molar-refractivity contribution in [2.24, 2.45) is 0 Å². The Bertz CT molecular complexity index is 565. The number of carbonyl (C=O) groups excluding carboxylic acids is 3. The third-order valence-corrected chi connectivity index (χ3v) is 3.66. The predicted octanol–water partition coefficient (Wildman–Crippen LogP) is 2.74. The number of piperidine rings is 1. The zero-order valence-electron chi connectivity index (χ0n) is 14.4. The van der Waals surface area contributed by atoms with Gasteiger partial charge in [0.15, 0.2) is 0 Å². The lowest BCUT2D eigenvalue weighted by atomic mass is 10.0. The average molecular weight is 320 g/mol. The molecule has 0 bridgehead atoms. The molecular weight excluding hydrogens is 292 g/mol. The fourth-order valence-corrected chi connectivity index (χ4v) is 2.67. The smallest absolute Gasteiger partial charge is 0.255 e. The first kappa shape index (κ1) is 18.9. The number of hydrogen-bond acceptors (Lipinski definition) is 3. The number of imide groups is 1. The number of rotatable bonds is 1. The van der Waals surface area contributed by atoms with E-state index in [2.05, 4.69) is 5.32 Å². The first-order valence-corrected chi connectivity index (χ1v) is 8.37. The predicted molar refractivity (Wildman–Crippen MR) is 92.6 cm³/mol. The summed E-state index contributed by atoms with van der Waals surface area (Å²) in [6.07, 6.45) is 9.16. The Hall–Kier alpha value is -2.17. The van der Waals surface area contributed by atoms with Crippen LogP contribution < -0.4 is 5.32 Å². The van der Waals surface area contributed by atoms with E-state index in [4.69, 9.17) is 0 Å². The average Bonchev–Trinajstić information content (AvgIpc) is 2.75. The van der Waals surface area contributed by atoms with Crippen LogP contribution in [0.3, 0.4) is 0 Å². The molecule has 1 atom stereocenters. The quantitative estimate of drug-likeness (QED) is 0.756. The van der Waals surface area contributed by atoms with Crippen LogP contribution in [0, 0.1) is 0 Å². The maximum absolute atomic E-state index is 12.3. The van der Waals surface area contributed by atoms with Gasteiger partial charge in [0.2, 0.25) is 11.8 Å². The van der Waals surface area contributed by atoms with Gasteiger partial charge >= 0.3 is 0 Å². The Morgan fingerprint density at radius 3 is 2.52 bits per heavy atom. The van der Waals surface area contributed by atoms with Crippen LogP contribution in [0.5, 0.6) is 0 Å². The Balaban J connectivity index is 0.000000987. The molecule has 0 spiro atoms. The van der Waals surface area contributed by atoms with E-state index in [-0.39, 0.29) is 25.6 Å². The number of likely N-dealkylation sites (tertiary alicyclic amines) is 1. The lowest BCUT2D eigenvalue weighted by Crippen LogP contribution is -2.52. The molecule has 1 aliphatic carbocycles. The SMILES string of the molecule is CC.CC.O=C1CCC(N2CC3=CCC=CC=C3C2=O)C(=O)N1.[HH]. The summed E-state index contributed by atoms with van der Waals surface area (Å²) in [6.45, 7) is 8.46. The van der Waals surface area contributed by atoms with Crippen molar-refractivity contribution in [1.29, 1.82) is 0 Å². The number of amides is 3. The maximum atomic E-state index is 12.3. The van der Waals surface area contributed by atoms with Gasteiger partial charge in [-0.2, -0.15) is 0 Å². The van der Waals surface area contributed by atoms with Crippen LogP contribution in [0.2, 0.25) is 0 Å². The van der Waals surface area contributed by atoms with Gasteiger partial charge in [-0.3, -0.25) is 19.7 Å². The Morgan fingerprint density at radius 2 is 1.87 bits per heavy atom. The van der Waals surface area contributed by atoms with Gasteiger partial charge in [0, 0.05) is 20.0 Å². The summed E-state index contributed by atoms with van der Waals surface area (Å²) >= 11 is 0. The van der Waals surface area contributed by atoms with E-state index in [1.165, 1.54) is 0 Å². The van der Waals surface area contributed by atoms with Gasteiger partial charge in [0.25, 0.3) is 5.91 Å². The van der Waals surface area contributed by atoms with E-state index in [1.807, 2.05) is 45.9 Å². The van der Waals surface area contributed by atoms with Crippen molar-refractivity contribution in [3.63, 3.8) is 0 Å². The fourth-order valence-electron chi connectivity index (χ4n) is 2.67. The van der Waals surface area contributed by atoms with Crippen LogP contribution in [-0.2, 0) is 14.4 Å². The number of nitrogens with zero attached hydrogens (tertiary/aromatic N) is 1. The fraction of sp³-hybridized carbons (Fsp3) is 0.500. The highest BCUT2D eigenvalue weighted by molar-refractivity contribution is 6.07. The van der Waals surface area contributed by atoms with Gasteiger partial charge < -0.3 is 4.90 Å². The maximum Gasteiger partial charge on any atom is 0.255 e. The summed E-state index contributed by atoms with van der Waals surface area (Å²) in [4.78, 5) is 36.9. The molecule has 5 nitrogen and oxygen atoms in total. The molecule has 0 saturated carbocycles. The highest BCUT2D eigenvalue weighted by Gasteiger charge is 2.40. The summed E-state index contributed by atoms with van der Waals surface area (Å²) < 4.78 is 0. The molecule has 2 heterocycles. The second-order valence-corrected chi connectivity index (χ2v) is 4.87. The van der Waals surface area contributed by atoms with E-state index in [9.17, 15) is 14.4 Å². The van der Waals surface area contributed by atoms with E-state index in [1.54, 1.807) is 11.0 Å². The van der Waals surface area contributed by atoms with Gasteiger partial charge in [-0.25, -0.2) is 0 Å². The van der Waals surface area contributed by atoms with E-state index in [0.717, 1.165) is 12.0 Å². The zero-order valence-corrected chi connectivity index (χ0v) is 14.4. The largest absolute Gasteiger partial charge is 0.322 e. The molecule has 0 aromatic heterocycles. The molecule has 0 aromatic rings. The van der Waals surface area contributed by atoms with Crippen LogP contribution in [0.4, 0.5) is 0 Å². The van der Waals surface area contributed by atoms with E-state index < -0.39 is 6.04 Å². The molecule has 2 saturated heterocycles. The molecule has 5 heteroatoms. The number of carbonyl (C=O) groups is 3. The second-order valence-electron chi connectivity index (χ2n) is 4.87. The third kappa shape index (κ3) is 4.18. The summed E-state index contributed by atoms with van der Waals surface area (Å²) in [5, 5.41) is 2.30. The van der Waals surface area contributed by atoms with Crippen molar-refractivity contribution in [2.75, 3.05) is 6.54 Å². The number of hydrogen-bond donors (Lipinski definition) is 1. The van der Waals surface area contributed by atoms with Crippen LogP contribution >= 0.6 is 0 Å². The van der Waals surface area contributed by atoms with Crippen molar-refractivity contribution in [3.05, 3.63) is 35.5 Å². The second kappa shape index (κ2) is 9.08. The number of allylic oxidation sites excluding steroid dienone is 4. The molecule has 3 rings (SSSR count). The number of fused-ring (bicyclic) bond motifs is 1. The summed E-state index contributed by atoms with van der Waals surface area (Å²) in [5.74, 6) is -0.742. The standard InChI is InChI=1S/C14H14N2O3.2C2H6.H2/c17-12-7-6-11(13(18)15-12)16-8-9-4-2-1-3-5-10(9)14(16)19;2*1-2;/h1,3-5,11H,2,6-8H2,(H,15,17,18);2*1-2H3;1H. The first-order chi connectivity index (χ1) is 11.2. The minimum Gasteiger partial charge on any atom is -0.322 e. The van der Waals surface area contributed by atoms with Gasteiger partial charge in [-0.15, -0.1) is 0 Å². The van der Waals surface area contributed by atoms with Crippen molar-refractivity contribution < 1.29 is 15.8 Å². The molecule has 0 radical (unpaired) electrons.